The van der Waals surface area contributed by atoms with E-state index in [1.165, 1.54) is 12.8 Å². The van der Waals surface area contributed by atoms with Gasteiger partial charge in [0, 0.05) is 25.4 Å². The summed E-state index contributed by atoms with van der Waals surface area (Å²) in [5, 5.41) is 0. The number of aryl methyl sites for hydroxylation is 1. The second-order valence-corrected chi connectivity index (χ2v) is 5.05. The van der Waals surface area contributed by atoms with Crippen molar-refractivity contribution >= 4 is 5.82 Å². The van der Waals surface area contributed by atoms with Gasteiger partial charge in [0.25, 0.3) is 0 Å². The lowest BCUT2D eigenvalue weighted by atomic mass is 9.99. The van der Waals surface area contributed by atoms with Gasteiger partial charge in [-0.3, -0.25) is 4.90 Å². The summed E-state index contributed by atoms with van der Waals surface area (Å²) in [6.07, 6.45) is 2.47. The SMILES string of the molecule is COCC1CCCN(Cc2nc(C)cc(N)n2)C1. The summed E-state index contributed by atoms with van der Waals surface area (Å²) < 4.78 is 5.24. The van der Waals surface area contributed by atoms with Crippen molar-refractivity contribution < 1.29 is 4.74 Å². The molecule has 1 unspecified atom stereocenters. The quantitative estimate of drug-likeness (QED) is 0.870. The van der Waals surface area contributed by atoms with Gasteiger partial charge in [-0.2, -0.15) is 0 Å². The Hall–Kier alpha value is -1.20. The number of aromatic nitrogens is 2. The maximum Gasteiger partial charge on any atom is 0.144 e. The number of rotatable bonds is 4. The van der Waals surface area contributed by atoms with Gasteiger partial charge in [-0.1, -0.05) is 0 Å². The third kappa shape index (κ3) is 3.65. The highest BCUT2D eigenvalue weighted by Gasteiger charge is 2.20. The Morgan fingerprint density at radius 2 is 2.33 bits per heavy atom. The van der Waals surface area contributed by atoms with Crippen molar-refractivity contribution in [3.63, 3.8) is 0 Å². The Morgan fingerprint density at radius 1 is 1.50 bits per heavy atom. The van der Waals surface area contributed by atoms with Crippen LogP contribution in [-0.4, -0.2) is 41.7 Å². The average Bonchev–Trinajstić information content (AvgIpc) is 2.28. The Balaban J connectivity index is 1.95. The molecule has 2 rings (SSSR count). The number of hydrogen-bond donors (Lipinski definition) is 1. The van der Waals surface area contributed by atoms with Crippen LogP contribution in [0.15, 0.2) is 6.07 Å². The topological polar surface area (TPSA) is 64.3 Å². The smallest absolute Gasteiger partial charge is 0.144 e. The number of nitrogens with zero attached hydrogens (tertiary/aromatic N) is 3. The normalized spacial score (nSPS) is 21.1. The Morgan fingerprint density at radius 3 is 3.06 bits per heavy atom. The number of nitrogens with two attached hydrogens (primary N) is 1. The van der Waals surface area contributed by atoms with Gasteiger partial charge in [0.2, 0.25) is 0 Å². The van der Waals surface area contributed by atoms with Gasteiger partial charge < -0.3 is 10.5 Å². The van der Waals surface area contributed by atoms with Crippen molar-refractivity contribution in [2.75, 3.05) is 32.5 Å². The largest absolute Gasteiger partial charge is 0.384 e. The molecule has 1 fully saturated rings. The molecule has 0 spiro atoms. The van der Waals surface area contributed by atoms with E-state index in [1.54, 1.807) is 13.2 Å². The molecule has 1 atom stereocenters. The van der Waals surface area contributed by atoms with Crippen LogP contribution in [0, 0.1) is 12.8 Å². The summed E-state index contributed by atoms with van der Waals surface area (Å²) in [5.41, 5.74) is 6.68. The molecule has 100 valence electrons. The first-order valence-electron chi connectivity index (χ1n) is 6.48. The van der Waals surface area contributed by atoms with Crippen LogP contribution in [0.3, 0.4) is 0 Å². The Bertz CT molecular complexity index is 374. The minimum absolute atomic E-state index is 0.558. The number of anilines is 1. The maximum absolute atomic E-state index is 5.75. The second kappa shape index (κ2) is 6.11. The molecule has 0 amide bonds. The number of ether oxygens (including phenoxy) is 1. The lowest BCUT2D eigenvalue weighted by Gasteiger charge is -2.31. The predicted molar refractivity (Wildman–Crippen MR) is 71.1 cm³/mol. The van der Waals surface area contributed by atoms with Crippen LogP contribution < -0.4 is 5.73 Å². The van der Waals surface area contributed by atoms with Crippen molar-refractivity contribution in [2.24, 2.45) is 5.92 Å². The van der Waals surface area contributed by atoms with Crippen LogP contribution in [0.5, 0.6) is 0 Å². The second-order valence-electron chi connectivity index (χ2n) is 5.05. The molecule has 5 heteroatoms. The molecule has 2 N–H and O–H groups in total. The number of nitrogen functional groups attached to an aromatic ring is 1. The number of methoxy groups -OCH3 is 1. The zero-order chi connectivity index (χ0) is 13.0. The number of piperidine rings is 1. The summed E-state index contributed by atoms with van der Waals surface area (Å²) >= 11 is 0. The van der Waals surface area contributed by atoms with Gasteiger partial charge in [0.15, 0.2) is 0 Å². The van der Waals surface area contributed by atoms with E-state index in [-0.39, 0.29) is 0 Å². The van der Waals surface area contributed by atoms with E-state index >= 15 is 0 Å². The van der Waals surface area contributed by atoms with Crippen LogP contribution in [0.25, 0.3) is 0 Å². The maximum atomic E-state index is 5.75. The minimum Gasteiger partial charge on any atom is -0.384 e. The molecular weight excluding hydrogens is 228 g/mol. The fourth-order valence-electron chi connectivity index (χ4n) is 2.59. The molecule has 0 aromatic carbocycles. The standard InChI is InChI=1S/C13H22N4O/c1-10-6-12(14)16-13(15-10)8-17-5-3-4-11(7-17)9-18-2/h6,11H,3-5,7-9H2,1-2H3,(H2,14,15,16). The van der Waals surface area contributed by atoms with Crippen LogP contribution in [-0.2, 0) is 11.3 Å². The summed E-state index contributed by atoms with van der Waals surface area (Å²) in [7, 11) is 1.77. The molecule has 1 saturated heterocycles. The highest BCUT2D eigenvalue weighted by Crippen LogP contribution is 2.18. The average molecular weight is 250 g/mol. The van der Waals surface area contributed by atoms with Crippen LogP contribution >= 0.6 is 0 Å². The molecule has 0 aliphatic carbocycles. The van der Waals surface area contributed by atoms with E-state index in [2.05, 4.69) is 14.9 Å². The van der Waals surface area contributed by atoms with Crippen molar-refractivity contribution in [3.8, 4) is 0 Å². The minimum atomic E-state index is 0.558. The highest BCUT2D eigenvalue weighted by molar-refractivity contribution is 5.29. The van der Waals surface area contributed by atoms with Gasteiger partial charge in [0.1, 0.15) is 11.6 Å². The molecule has 1 aliphatic heterocycles. The molecule has 0 bridgehead atoms. The van der Waals surface area contributed by atoms with Gasteiger partial charge >= 0.3 is 0 Å². The van der Waals surface area contributed by atoms with Gasteiger partial charge in [-0.25, -0.2) is 9.97 Å². The van der Waals surface area contributed by atoms with E-state index in [4.69, 9.17) is 10.5 Å². The number of likely N-dealkylation sites (tertiary alicyclic amines) is 1. The van der Waals surface area contributed by atoms with Gasteiger partial charge in [0.05, 0.1) is 13.2 Å². The first-order valence-corrected chi connectivity index (χ1v) is 6.48. The fraction of sp³-hybridized carbons (Fsp3) is 0.692. The third-order valence-electron chi connectivity index (χ3n) is 3.29. The fourth-order valence-corrected chi connectivity index (χ4v) is 2.59. The monoisotopic (exact) mass is 250 g/mol. The molecule has 2 heterocycles. The molecular formula is C13H22N4O. The Kier molecular flexibility index (Phi) is 4.49. The highest BCUT2D eigenvalue weighted by atomic mass is 16.5. The van der Waals surface area contributed by atoms with E-state index in [0.717, 1.165) is 37.8 Å². The lowest BCUT2D eigenvalue weighted by Crippen LogP contribution is -2.37. The van der Waals surface area contributed by atoms with E-state index in [9.17, 15) is 0 Å². The van der Waals surface area contributed by atoms with Crippen LogP contribution in [0.1, 0.15) is 24.4 Å². The Labute approximate surface area is 108 Å². The molecule has 1 aromatic rings. The zero-order valence-corrected chi connectivity index (χ0v) is 11.2. The molecule has 18 heavy (non-hydrogen) atoms. The van der Waals surface area contributed by atoms with Crippen LogP contribution in [0.4, 0.5) is 5.82 Å². The van der Waals surface area contributed by atoms with Crippen molar-refractivity contribution in [1.82, 2.24) is 14.9 Å². The first kappa shape index (κ1) is 13.2. The van der Waals surface area contributed by atoms with E-state index < -0.39 is 0 Å². The summed E-state index contributed by atoms with van der Waals surface area (Å²) in [5.74, 6) is 2.01. The first-order chi connectivity index (χ1) is 8.67. The van der Waals surface area contributed by atoms with Crippen molar-refractivity contribution in [1.29, 1.82) is 0 Å². The molecule has 0 radical (unpaired) electrons. The van der Waals surface area contributed by atoms with Crippen molar-refractivity contribution in [2.45, 2.75) is 26.3 Å². The molecule has 1 aliphatic rings. The molecule has 1 aromatic heterocycles. The van der Waals surface area contributed by atoms with Crippen LogP contribution in [0.2, 0.25) is 0 Å². The van der Waals surface area contributed by atoms with E-state index in [0.29, 0.717) is 11.7 Å². The third-order valence-corrected chi connectivity index (χ3v) is 3.29. The van der Waals surface area contributed by atoms with Gasteiger partial charge in [-0.05, 0) is 32.2 Å². The summed E-state index contributed by atoms with van der Waals surface area (Å²) in [6, 6.07) is 1.80. The van der Waals surface area contributed by atoms with Crippen molar-refractivity contribution in [3.05, 3.63) is 17.6 Å². The van der Waals surface area contributed by atoms with Gasteiger partial charge in [-0.15, -0.1) is 0 Å². The molecule has 5 nitrogen and oxygen atoms in total. The number of hydrogen-bond acceptors (Lipinski definition) is 5. The van der Waals surface area contributed by atoms with E-state index in [1.807, 2.05) is 6.92 Å². The molecule has 0 saturated carbocycles. The summed E-state index contributed by atoms with van der Waals surface area (Å²) in [4.78, 5) is 11.1. The summed E-state index contributed by atoms with van der Waals surface area (Å²) in [6.45, 7) is 5.74. The predicted octanol–water partition coefficient (Wildman–Crippen LogP) is 1.23. The lowest BCUT2D eigenvalue weighted by molar-refractivity contribution is 0.0861. The zero-order valence-electron chi connectivity index (χ0n) is 11.2.